The first kappa shape index (κ1) is 11.4. The average molecular weight is 212 g/mol. The van der Waals surface area contributed by atoms with Gasteiger partial charge in [-0.05, 0) is 32.7 Å². The smallest absolute Gasteiger partial charge is 0.0710 e. The Hall–Kier alpha value is -0.120. The first-order valence-electron chi connectivity index (χ1n) is 6.30. The molecule has 0 aromatic rings. The minimum absolute atomic E-state index is 0.286. The lowest BCUT2D eigenvalue weighted by molar-refractivity contribution is -0.0448. The minimum Gasteiger partial charge on any atom is -0.370 e. The summed E-state index contributed by atoms with van der Waals surface area (Å²) in [5, 5.41) is 0. The molecular formula is C12H24N2O. The summed E-state index contributed by atoms with van der Waals surface area (Å²) in [7, 11) is 2.13. The van der Waals surface area contributed by atoms with Crippen molar-refractivity contribution in [2.45, 2.75) is 50.2 Å². The zero-order valence-electron chi connectivity index (χ0n) is 9.87. The van der Waals surface area contributed by atoms with E-state index in [1.54, 1.807) is 0 Å². The molecule has 1 aliphatic heterocycles. The van der Waals surface area contributed by atoms with Gasteiger partial charge in [0.1, 0.15) is 0 Å². The predicted octanol–water partition coefficient (Wildman–Crippen LogP) is 1.37. The standard InChI is InChI=1S/C12H24N2O/c1-14(9-8-13)10-11-4-7-12(15-11)5-2-3-6-12/h11H,2-10,13H2,1H3. The zero-order chi connectivity index (χ0) is 10.7. The van der Waals surface area contributed by atoms with E-state index >= 15 is 0 Å². The summed E-state index contributed by atoms with van der Waals surface area (Å²) in [6.07, 6.45) is 8.31. The molecule has 2 fully saturated rings. The van der Waals surface area contributed by atoms with Crippen LogP contribution < -0.4 is 5.73 Å². The van der Waals surface area contributed by atoms with Crippen molar-refractivity contribution in [3.05, 3.63) is 0 Å². The van der Waals surface area contributed by atoms with Crippen LogP contribution in [0.25, 0.3) is 0 Å². The lowest BCUT2D eigenvalue weighted by Gasteiger charge is -2.26. The highest BCUT2D eigenvalue weighted by Crippen LogP contribution is 2.43. The Bertz CT molecular complexity index is 202. The third-order valence-electron chi connectivity index (χ3n) is 3.88. The molecule has 15 heavy (non-hydrogen) atoms. The van der Waals surface area contributed by atoms with Gasteiger partial charge in [-0.15, -0.1) is 0 Å². The summed E-state index contributed by atoms with van der Waals surface area (Å²) >= 11 is 0. The second-order valence-corrected chi connectivity index (χ2v) is 5.22. The third-order valence-corrected chi connectivity index (χ3v) is 3.88. The highest BCUT2D eigenvalue weighted by atomic mass is 16.5. The Balaban J connectivity index is 1.77. The van der Waals surface area contributed by atoms with Crippen molar-refractivity contribution >= 4 is 0 Å². The molecule has 1 aliphatic carbocycles. The number of ether oxygens (including phenoxy) is 1. The van der Waals surface area contributed by atoms with E-state index in [4.69, 9.17) is 10.5 Å². The Morgan fingerprint density at radius 2 is 2.07 bits per heavy atom. The molecule has 2 N–H and O–H groups in total. The maximum absolute atomic E-state index is 6.24. The Morgan fingerprint density at radius 1 is 1.33 bits per heavy atom. The molecule has 1 saturated carbocycles. The van der Waals surface area contributed by atoms with E-state index in [0.29, 0.717) is 6.10 Å². The van der Waals surface area contributed by atoms with Crippen LogP contribution in [0.2, 0.25) is 0 Å². The van der Waals surface area contributed by atoms with Gasteiger partial charge in [-0.3, -0.25) is 0 Å². The highest BCUT2D eigenvalue weighted by molar-refractivity contribution is 4.93. The average Bonchev–Trinajstić information content (AvgIpc) is 2.79. The fraction of sp³-hybridized carbons (Fsp3) is 1.00. The second-order valence-electron chi connectivity index (χ2n) is 5.22. The number of hydrogen-bond donors (Lipinski definition) is 1. The van der Waals surface area contributed by atoms with E-state index in [1.807, 2.05) is 0 Å². The monoisotopic (exact) mass is 212 g/mol. The van der Waals surface area contributed by atoms with Crippen molar-refractivity contribution < 1.29 is 4.74 Å². The van der Waals surface area contributed by atoms with Crippen LogP contribution in [0.5, 0.6) is 0 Å². The molecule has 1 heterocycles. The molecule has 1 unspecified atom stereocenters. The van der Waals surface area contributed by atoms with Crippen LogP contribution in [-0.2, 0) is 4.74 Å². The van der Waals surface area contributed by atoms with Crippen LogP contribution in [0.1, 0.15) is 38.5 Å². The van der Waals surface area contributed by atoms with Gasteiger partial charge >= 0.3 is 0 Å². The Labute approximate surface area is 93.0 Å². The van der Waals surface area contributed by atoms with Gasteiger partial charge in [0.2, 0.25) is 0 Å². The number of nitrogens with zero attached hydrogens (tertiary/aromatic N) is 1. The van der Waals surface area contributed by atoms with Crippen LogP contribution in [-0.4, -0.2) is 43.3 Å². The lowest BCUT2D eigenvalue weighted by atomic mass is 9.98. The molecule has 0 aromatic heterocycles. The molecule has 3 nitrogen and oxygen atoms in total. The van der Waals surface area contributed by atoms with E-state index in [2.05, 4.69) is 11.9 Å². The van der Waals surface area contributed by atoms with Gasteiger partial charge < -0.3 is 15.4 Å². The fourth-order valence-electron chi connectivity index (χ4n) is 3.07. The fourth-order valence-corrected chi connectivity index (χ4v) is 3.07. The van der Waals surface area contributed by atoms with Crippen LogP contribution in [0.3, 0.4) is 0 Å². The molecular weight excluding hydrogens is 188 g/mol. The van der Waals surface area contributed by atoms with Crippen LogP contribution >= 0.6 is 0 Å². The topological polar surface area (TPSA) is 38.5 Å². The molecule has 88 valence electrons. The Morgan fingerprint density at radius 3 is 2.73 bits per heavy atom. The molecule has 2 rings (SSSR count). The summed E-state index contributed by atoms with van der Waals surface area (Å²) in [5.74, 6) is 0. The van der Waals surface area contributed by atoms with E-state index in [0.717, 1.165) is 19.6 Å². The van der Waals surface area contributed by atoms with Crippen molar-refractivity contribution in [1.82, 2.24) is 4.90 Å². The van der Waals surface area contributed by atoms with Gasteiger partial charge in [0.05, 0.1) is 11.7 Å². The maximum Gasteiger partial charge on any atom is 0.0710 e. The van der Waals surface area contributed by atoms with Crippen LogP contribution in [0.15, 0.2) is 0 Å². The predicted molar refractivity (Wildman–Crippen MR) is 61.9 cm³/mol. The number of hydrogen-bond acceptors (Lipinski definition) is 3. The largest absolute Gasteiger partial charge is 0.370 e. The normalized spacial score (nSPS) is 29.4. The summed E-state index contributed by atoms with van der Waals surface area (Å²) in [6.45, 7) is 2.78. The number of nitrogens with two attached hydrogens (primary N) is 1. The molecule has 2 aliphatic rings. The first-order chi connectivity index (χ1) is 7.24. The Kier molecular flexibility index (Phi) is 3.65. The summed E-state index contributed by atoms with van der Waals surface area (Å²) in [4.78, 5) is 2.29. The van der Waals surface area contributed by atoms with E-state index in [9.17, 15) is 0 Å². The highest BCUT2D eigenvalue weighted by Gasteiger charge is 2.42. The SMILES string of the molecule is CN(CCN)CC1CCC2(CCCC2)O1. The first-order valence-corrected chi connectivity index (χ1v) is 6.30. The van der Waals surface area contributed by atoms with Gasteiger partial charge in [0.25, 0.3) is 0 Å². The molecule has 1 saturated heterocycles. The van der Waals surface area contributed by atoms with E-state index in [1.165, 1.54) is 38.5 Å². The number of likely N-dealkylation sites (N-methyl/N-ethyl adjacent to an activating group) is 1. The summed E-state index contributed by atoms with van der Waals surface area (Å²) in [5.41, 5.74) is 5.82. The quantitative estimate of drug-likeness (QED) is 0.765. The molecule has 0 bridgehead atoms. The minimum atomic E-state index is 0.286. The molecule has 0 aromatic carbocycles. The van der Waals surface area contributed by atoms with Crippen LogP contribution in [0.4, 0.5) is 0 Å². The van der Waals surface area contributed by atoms with Crippen molar-refractivity contribution in [2.75, 3.05) is 26.7 Å². The molecule has 0 radical (unpaired) electrons. The van der Waals surface area contributed by atoms with E-state index < -0.39 is 0 Å². The molecule has 0 amide bonds. The van der Waals surface area contributed by atoms with Crippen molar-refractivity contribution in [1.29, 1.82) is 0 Å². The molecule has 1 spiro atoms. The van der Waals surface area contributed by atoms with Crippen molar-refractivity contribution in [3.63, 3.8) is 0 Å². The van der Waals surface area contributed by atoms with E-state index in [-0.39, 0.29) is 5.60 Å². The maximum atomic E-state index is 6.24. The van der Waals surface area contributed by atoms with Gasteiger partial charge in [-0.2, -0.15) is 0 Å². The van der Waals surface area contributed by atoms with Crippen molar-refractivity contribution in [2.24, 2.45) is 5.73 Å². The molecule has 1 atom stereocenters. The number of rotatable bonds is 4. The van der Waals surface area contributed by atoms with Gasteiger partial charge in [0, 0.05) is 19.6 Å². The summed E-state index contributed by atoms with van der Waals surface area (Å²) < 4.78 is 6.24. The van der Waals surface area contributed by atoms with Gasteiger partial charge in [-0.1, -0.05) is 12.8 Å². The van der Waals surface area contributed by atoms with Crippen molar-refractivity contribution in [3.8, 4) is 0 Å². The molecule has 3 heteroatoms. The summed E-state index contributed by atoms with van der Waals surface area (Å²) in [6, 6.07) is 0. The lowest BCUT2D eigenvalue weighted by Crippen LogP contribution is -2.34. The van der Waals surface area contributed by atoms with Gasteiger partial charge in [-0.25, -0.2) is 0 Å². The van der Waals surface area contributed by atoms with Gasteiger partial charge in [0.15, 0.2) is 0 Å². The second kappa shape index (κ2) is 4.81. The zero-order valence-corrected chi connectivity index (χ0v) is 9.87. The van der Waals surface area contributed by atoms with Crippen LogP contribution in [0, 0.1) is 0 Å². The third kappa shape index (κ3) is 2.71.